The van der Waals surface area contributed by atoms with Crippen LogP contribution in [0.3, 0.4) is 0 Å². The highest BCUT2D eigenvalue weighted by Gasteiger charge is 2.67. The van der Waals surface area contributed by atoms with Crippen LogP contribution in [0.4, 0.5) is 5.82 Å². The Morgan fingerprint density at radius 1 is 0.898 bits per heavy atom. The number of nitrogen functional groups attached to an aromatic ring is 1. The third-order valence-electron chi connectivity index (χ3n) is 10.3. The average Bonchev–Trinajstić information content (AvgIpc) is 3.89. The molecule has 0 spiro atoms. The summed E-state index contributed by atoms with van der Waals surface area (Å²) in [6.07, 6.45) is 18.8. The maximum absolute atomic E-state index is 13.2. The van der Waals surface area contributed by atoms with Gasteiger partial charge < -0.3 is 34.3 Å². The number of phosphoric acid groups is 1. The normalized spacial score (nSPS) is 22.4. The van der Waals surface area contributed by atoms with Crippen molar-refractivity contribution in [3.8, 4) is 17.9 Å². The van der Waals surface area contributed by atoms with E-state index in [1.807, 2.05) is 12.1 Å². The number of anilines is 1. The molecule has 17 nitrogen and oxygen atoms in total. The number of rotatable bonds is 28. The Kier molecular flexibility index (Phi) is 17.9. The molecule has 2 aliphatic heterocycles. The largest absolute Gasteiger partial charge is 0.499 e. The fraction of sp³-hybridized carbons (Fsp3) is 0.683. The molecular weight excluding hydrogens is 781 g/mol. The lowest BCUT2D eigenvalue weighted by Crippen LogP contribution is -2.44. The summed E-state index contributed by atoms with van der Waals surface area (Å²) in [5, 5.41) is 23.7. The monoisotopic (exact) mass is 841 g/mol. The van der Waals surface area contributed by atoms with E-state index in [-0.39, 0.29) is 18.1 Å². The van der Waals surface area contributed by atoms with E-state index in [0.29, 0.717) is 23.6 Å². The Labute approximate surface area is 346 Å². The molecule has 324 valence electrons. The van der Waals surface area contributed by atoms with E-state index in [1.165, 1.54) is 107 Å². The van der Waals surface area contributed by atoms with E-state index < -0.39 is 50.4 Å². The van der Waals surface area contributed by atoms with E-state index in [2.05, 4.69) is 22.0 Å². The first-order chi connectivity index (χ1) is 28.5. The molecule has 0 radical (unpaired) electrons. The fourth-order valence-corrected chi connectivity index (χ4v) is 7.92. The van der Waals surface area contributed by atoms with Gasteiger partial charge in [0.25, 0.3) is 0 Å². The van der Waals surface area contributed by atoms with Gasteiger partial charge in [-0.3, -0.25) is 4.52 Å². The number of hydrogen-bond donors (Lipinski definition) is 2. The number of ether oxygens (including phenoxy) is 5. The predicted octanol–water partition coefficient (Wildman–Crippen LogP) is 8.18. The van der Waals surface area contributed by atoms with Gasteiger partial charge in [0.15, 0.2) is 17.7 Å². The molecule has 1 unspecified atom stereocenters. The van der Waals surface area contributed by atoms with Gasteiger partial charge in [-0.2, -0.15) is 20.5 Å². The van der Waals surface area contributed by atoms with Crippen molar-refractivity contribution in [1.82, 2.24) is 19.6 Å². The minimum atomic E-state index is -5.03. The third kappa shape index (κ3) is 13.6. The second-order valence-electron chi connectivity index (χ2n) is 15.6. The summed E-state index contributed by atoms with van der Waals surface area (Å²) >= 11 is 0. The standard InChI is InChI=1S/C41H60N7O10P/c1-4-5-6-7-8-9-10-11-12-13-14-15-16-17-18-19-24-51-27-33(53-32-21-20-31(25-42)45-26-32)28-52-59(49,50)58-57-41(29-43)38-37(54-40(2,3)56-38)36(55-41)34-22-23-35-39(44)46-30-47-48(34)35/h20-23,26,30,33,36-38H,4-19,24,27-28H2,1-3H3,(H,49,50)(H2,44,46,47)/t33-,36-,37-,38-,41+/m0/s1. The van der Waals surface area contributed by atoms with E-state index in [1.54, 1.807) is 32.0 Å². The van der Waals surface area contributed by atoms with Crippen LogP contribution in [0.1, 0.15) is 141 Å². The van der Waals surface area contributed by atoms with Gasteiger partial charge >= 0.3 is 13.6 Å². The highest BCUT2D eigenvalue weighted by atomic mass is 31.2. The van der Waals surface area contributed by atoms with Gasteiger partial charge in [-0.15, -0.1) is 4.67 Å². The number of fused-ring (bicyclic) bond motifs is 2. The number of nitriles is 2. The Balaban J connectivity index is 1.07. The number of phosphoric ester groups is 1. The minimum Gasteiger partial charge on any atom is -0.484 e. The first-order valence-electron chi connectivity index (χ1n) is 21.0. The van der Waals surface area contributed by atoms with E-state index in [0.717, 1.165) is 19.3 Å². The van der Waals surface area contributed by atoms with Crippen LogP contribution < -0.4 is 10.5 Å². The number of unbranched alkanes of at least 4 members (excludes halogenated alkanes) is 15. The van der Waals surface area contributed by atoms with Crippen molar-refractivity contribution in [3.05, 3.63) is 48.2 Å². The second-order valence-corrected chi connectivity index (χ2v) is 16.9. The zero-order valence-electron chi connectivity index (χ0n) is 34.5. The first-order valence-corrected chi connectivity index (χ1v) is 22.5. The van der Waals surface area contributed by atoms with Gasteiger partial charge in [-0.05, 0) is 44.5 Å². The molecule has 6 atom stereocenters. The predicted molar refractivity (Wildman–Crippen MR) is 215 cm³/mol. The van der Waals surface area contributed by atoms with Crippen molar-refractivity contribution >= 4 is 19.2 Å². The summed E-state index contributed by atoms with van der Waals surface area (Å²) in [5.74, 6) is -3.04. The molecule has 0 saturated carbocycles. The van der Waals surface area contributed by atoms with Crippen LogP contribution in [0.5, 0.6) is 5.75 Å². The van der Waals surface area contributed by atoms with Gasteiger partial charge in [0.2, 0.25) is 0 Å². The molecule has 2 saturated heterocycles. The van der Waals surface area contributed by atoms with Crippen molar-refractivity contribution in [1.29, 1.82) is 10.5 Å². The summed E-state index contributed by atoms with van der Waals surface area (Å²) < 4.78 is 54.9. The van der Waals surface area contributed by atoms with Crippen LogP contribution in [0.15, 0.2) is 36.8 Å². The Morgan fingerprint density at radius 2 is 1.56 bits per heavy atom. The number of nitrogens with two attached hydrogens (primary N) is 1. The Morgan fingerprint density at radius 3 is 2.17 bits per heavy atom. The zero-order valence-corrected chi connectivity index (χ0v) is 35.4. The van der Waals surface area contributed by atoms with Gasteiger partial charge in [-0.1, -0.05) is 103 Å². The SMILES string of the molecule is CCCCCCCCCCCCCCCCCCOC[C@@H](COP(=O)(O)OO[C@@]1(C#N)O[C@@H](c2ccc3c(N)ncnn23)[C@@H]2OC(C)(C)O[C@@H]21)Oc1ccc(C#N)nc1. The molecule has 18 heteroatoms. The molecule has 0 bridgehead atoms. The molecular formula is C41H60N7O10P. The zero-order chi connectivity index (χ0) is 42.1. The summed E-state index contributed by atoms with van der Waals surface area (Å²) in [5.41, 5.74) is 7.14. The van der Waals surface area contributed by atoms with Crippen LogP contribution in [-0.2, 0) is 37.6 Å². The van der Waals surface area contributed by atoms with Crippen LogP contribution >= 0.6 is 7.82 Å². The van der Waals surface area contributed by atoms with Gasteiger partial charge in [0.05, 0.1) is 25.1 Å². The van der Waals surface area contributed by atoms with E-state index in [9.17, 15) is 14.7 Å². The molecule has 3 aromatic rings. The van der Waals surface area contributed by atoms with Gasteiger partial charge in [-0.25, -0.2) is 19.0 Å². The molecule has 0 aromatic carbocycles. The van der Waals surface area contributed by atoms with Gasteiger partial charge in [0, 0.05) is 6.61 Å². The summed E-state index contributed by atoms with van der Waals surface area (Å²) in [6.45, 7) is 5.54. The molecule has 59 heavy (non-hydrogen) atoms. The number of hydrogen-bond acceptors (Lipinski definition) is 15. The van der Waals surface area contributed by atoms with Crippen molar-refractivity contribution < 1.29 is 47.2 Å². The van der Waals surface area contributed by atoms with Crippen molar-refractivity contribution in [2.75, 3.05) is 25.6 Å². The average molecular weight is 842 g/mol. The van der Waals surface area contributed by atoms with E-state index >= 15 is 0 Å². The summed E-state index contributed by atoms with van der Waals surface area (Å²) in [6, 6.07) is 10.2. The van der Waals surface area contributed by atoms with Crippen molar-refractivity contribution in [3.63, 3.8) is 0 Å². The lowest BCUT2D eigenvalue weighted by molar-refractivity contribution is -0.384. The molecule has 3 aromatic heterocycles. The fourth-order valence-electron chi connectivity index (χ4n) is 7.31. The Hall–Kier alpha value is -3.74. The summed E-state index contributed by atoms with van der Waals surface area (Å²) in [4.78, 5) is 24.1. The lowest BCUT2D eigenvalue weighted by atomic mass is 10.0. The number of aromatic nitrogens is 4. The molecule has 2 aliphatic rings. The van der Waals surface area contributed by atoms with Gasteiger partial charge in [0.1, 0.15) is 53.7 Å². The quantitative estimate of drug-likeness (QED) is 0.0304. The molecule has 0 aliphatic carbocycles. The second kappa shape index (κ2) is 22.7. The lowest BCUT2D eigenvalue weighted by Gasteiger charge is -2.28. The minimum absolute atomic E-state index is 0.00980. The number of pyridine rings is 1. The highest BCUT2D eigenvalue weighted by Crippen LogP contribution is 2.53. The van der Waals surface area contributed by atoms with Crippen molar-refractivity contribution in [2.45, 2.75) is 159 Å². The topological polar surface area (TPSA) is 228 Å². The van der Waals surface area contributed by atoms with E-state index in [4.69, 9.17) is 48.8 Å². The molecule has 5 rings (SSSR count). The third-order valence-corrected chi connectivity index (χ3v) is 11.1. The smallest absolute Gasteiger partial charge is 0.484 e. The maximum atomic E-state index is 13.2. The van der Waals surface area contributed by atoms with Crippen LogP contribution in [0.25, 0.3) is 5.52 Å². The highest BCUT2D eigenvalue weighted by molar-refractivity contribution is 7.47. The maximum Gasteiger partial charge on any atom is 0.499 e. The molecule has 3 N–H and O–H groups in total. The van der Waals surface area contributed by atoms with Crippen LogP contribution in [0.2, 0.25) is 0 Å². The first kappa shape index (κ1) is 46.3. The molecule has 2 fully saturated rings. The molecule has 0 amide bonds. The van der Waals surface area contributed by atoms with Crippen LogP contribution in [0, 0.1) is 22.7 Å². The van der Waals surface area contributed by atoms with Crippen molar-refractivity contribution in [2.24, 2.45) is 0 Å². The summed E-state index contributed by atoms with van der Waals surface area (Å²) in [7, 11) is -5.03. The van der Waals surface area contributed by atoms with Crippen LogP contribution in [-0.4, -0.2) is 74.2 Å². The Bertz CT molecular complexity index is 1870. The molecule has 5 heterocycles. The number of nitrogens with zero attached hydrogens (tertiary/aromatic N) is 6.